The minimum absolute atomic E-state index is 0. The molecule has 0 bridgehead atoms. The molecule has 1 rings (SSSR count). The van der Waals surface area contributed by atoms with Crippen molar-refractivity contribution >= 4 is 29.9 Å². The lowest BCUT2D eigenvalue weighted by Crippen LogP contribution is -2.32. The highest BCUT2D eigenvalue weighted by Gasteiger charge is 2.24. The molecule has 1 aromatic rings. The van der Waals surface area contributed by atoms with E-state index in [0.717, 1.165) is 0 Å². The zero-order valence-corrected chi connectivity index (χ0v) is 31.5. The first-order valence-corrected chi connectivity index (χ1v) is 16.7. The molecule has 0 aliphatic rings. The summed E-state index contributed by atoms with van der Waals surface area (Å²) in [5, 5.41) is 3.00. The summed E-state index contributed by atoms with van der Waals surface area (Å²) in [5.74, 6) is -2.10. The molecule has 0 saturated heterocycles. The number of rotatable bonds is 15. The Morgan fingerprint density at radius 1 is 0.830 bits per heavy atom. The fourth-order valence-corrected chi connectivity index (χ4v) is 3.38. The summed E-state index contributed by atoms with van der Waals surface area (Å²) >= 11 is 0. The van der Waals surface area contributed by atoms with Gasteiger partial charge in [0.25, 0.3) is 0 Å². The van der Waals surface area contributed by atoms with Crippen molar-refractivity contribution in [3.05, 3.63) is 28.8 Å². The highest BCUT2D eigenvalue weighted by molar-refractivity contribution is 5.74. The fourth-order valence-electron chi connectivity index (χ4n) is 3.38. The number of ether oxygens (including phenoxy) is 4. The van der Waals surface area contributed by atoms with Crippen LogP contribution in [0.5, 0.6) is 5.75 Å². The Bertz CT molecular complexity index is 972. The number of benzene rings is 1. The summed E-state index contributed by atoms with van der Waals surface area (Å²) in [5.41, 5.74) is 6.32. The third-order valence-corrected chi connectivity index (χ3v) is 5.12. The zero-order chi connectivity index (χ0) is 37.4. The third-order valence-electron chi connectivity index (χ3n) is 5.12. The molecule has 0 radical (unpaired) electrons. The first kappa shape index (κ1) is 50.2. The van der Waals surface area contributed by atoms with Gasteiger partial charge in [0.05, 0.1) is 0 Å². The van der Waals surface area contributed by atoms with Crippen LogP contribution < -0.4 is 15.8 Å². The van der Waals surface area contributed by atoms with Gasteiger partial charge in [0.2, 0.25) is 5.91 Å². The molecule has 47 heavy (non-hydrogen) atoms. The Morgan fingerprint density at radius 2 is 1.28 bits per heavy atom. The summed E-state index contributed by atoms with van der Waals surface area (Å²) in [6, 6.07) is 3.17. The predicted molar refractivity (Wildman–Crippen MR) is 191 cm³/mol. The second kappa shape index (κ2) is 33.7. The minimum Gasteiger partial charge on any atom is -0.461 e. The zero-order valence-electron chi connectivity index (χ0n) is 31.5. The van der Waals surface area contributed by atoms with Gasteiger partial charge < -0.3 is 34.9 Å². The molecule has 278 valence electrons. The SMILES string of the molecule is CC.CC.CCC.CCC.CNCCCN(C)C(=O)Oc1c(COC(C)=O)cc(C(CCCC(N)=O)OC(C)=O)cc1COC(C)=O.[HH].[HH]. The number of nitrogens with zero attached hydrogens (tertiary/aromatic N) is 1. The molecular formula is C35H69N3O9. The predicted octanol–water partition coefficient (Wildman–Crippen LogP) is 7.49. The number of esters is 3. The van der Waals surface area contributed by atoms with Crippen LogP contribution in [0.4, 0.5) is 4.79 Å². The monoisotopic (exact) mass is 676 g/mol. The lowest BCUT2D eigenvalue weighted by molar-refractivity contribution is -0.147. The van der Waals surface area contributed by atoms with Crippen molar-refractivity contribution in [2.45, 2.75) is 134 Å². The van der Waals surface area contributed by atoms with E-state index in [0.29, 0.717) is 42.6 Å². The van der Waals surface area contributed by atoms with Crippen molar-refractivity contribution in [1.29, 1.82) is 0 Å². The molecule has 1 aromatic carbocycles. The molecular weight excluding hydrogens is 606 g/mol. The molecule has 0 aliphatic carbocycles. The Morgan fingerprint density at radius 3 is 1.64 bits per heavy atom. The highest BCUT2D eigenvalue weighted by Crippen LogP contribution is 2.34. The molecule has 0 heterocycles. The van der Waals surface area contributed by atoms with Crippen LogP contribution >= 0.6 is 0 Å². The molecule has 0 aromatic heterocycles. The average Bonchev–Trinajstić information content (AvgIpc) is 3.01. The number of primary amides is 1. The molecule has 12 heteroatoms. The van der Waals surface area contributed by atoms with Gasteiger partial charge in [0, 0.05) is 54.8 Å². The van der Waals surface area contributed by atoms with Gasteiger partial charge in [-0.1, -0.05) is 68.2 Å². The third kappa shape index (κ3) is 28.3. The van der Waals surface area contributed by atoms with Crippen LogP contribution in [0.25, 0.3) is 0 Å². The van der Waals surface area contributed by atoms with Gasteiger partial charge in [-0.25, -0.2) is 4.79 Å². The highest BCUT2D eigenvalue weighted by atomic mass is 16.6. The van der Waals surface area contributed by atoms with Crippen molar-refractivity contribution in [3.8, 4) is 5.75 Å². The van der Waals surface area contributed by atoms with Crippen LogP contribution in [0.3, 0.4) is 0 Å². The second-order valence-electron chi connectivity index (χ2n) is 9.85. The van der Waals surface area contributed by atoms with Crippen LogP contribution in [0, 0.1) is 0 Å². The van der Waals surface area contributed by atoms with Crippen LogP contribution in [0.1, 0.15) is 140 Å². The van der Waals surface area contributed by atoms with Gasteiger partial charge in [-0.05, 0) is 50.6 Å². The molecule has 0 fully saturated rings. The Labute approximate surface area is 287 Å². The summed E-state index contributed by atoms with van der Waals surface area (Å²) < 4.78 is 21.5. The van der Waals surface area contributed by atoms with E-state index >= 15 is 0 Å². The molecule has 0 spiro atoms. The van der Waals surface area contributed by atoms with E-state index in [1.165, 1.54) is 38.5 Å². The van der Waals surface area contributed by atoms with Crippen molar-refractivity contribution in [3.63, 3.8) is 0 Å². The summed E-state index contributed by atoms with van der Waals surface area (Å²) in [6.45, 7) is 20.8. The lowest BCUT2D eigenvalue weighted by atomic mass is 9.97. The Balaban J connectivity index is -0.000000345. The number of hydrogen-bond donors (Lipinski definition) is 2. The van der Waals surface area contributed by atoms with Crippen LogP contribution in [-0.4, -0.2) is 62.0 Å². The van der Waals surface area contributed by atoms with E-state index in [4.69, 9.17) is 24.7 Å². The number of nitrogens with two attached hydrogens (primary N) is 1. The Hall–Kier alpha value is -3.67. The normalized spacial score (nSPS) is 9.89. The maximum Gasteiger partial charge on any atom is 0.414 e. The van der Waals surface area contributed by atoms with Crippen LogP contribution in [0.15, 0.2) is 12.1 Å². The smallest absolute Gasteiger partial charge is 0.414 e. The summed E-state index contributed by atoms with van der Waals surface area (Å²) in [4.78, 5) is 60.3. The number of hydrogen-bond acceptors (Lipinski definition) is 10. The molecule has 1 unspecified atom stereocenters. The Kier molecular flexibility index (Phi) is 36.0. The lowest BCUT2D eigenvalue weighted by Gasteiger charge is -2.23. The second-order valence-corrected chi connectivity index (χ2v) is 9.85. The molecule has 1 atom stereocenters. The van der Waals surface area contributed by atoms with E-state index < -0.39 is 36.0 Å². The maximum absolute atomic E-state index is 12.8. The van der Waals surface area contributed by atoms with Crippen molar-refractivity contribution in [1.82, 2.24) is 10.2 Å². The molecule has 12 nitrogen and oxygen atoms in total. The van der Waals surface area contributed by atoms with Crippen molar-refractivity contribution in [2.75, 3.05) is 27.2 Å². The summed E-state index contributed by atoms with van der Waals surface area (Å²) in [7, 11) is 3.39. The number of carbonyl (C=O) groups is 5. The van der Waals surface area contributed by atoms with Gasteiger partial charge in [-0.2, -0.15) is 0 Å². The van der Waals surface area contributed by atoms with Crippen LogP contribution in [0.2, 0.25) is 0 Å². The fraction of sp³-hybridized carbons (Fsp3) is 0.686. The average molecular weight is 676 g/mol. The molecule has 2 amide bonds. The van der Waals surface area contributed by atoms with Gasteiger partial charge in [0.1, 0.15) is 25.1 Å². The van der Waals surface area contributed by atoms with Gasteiger partial charge in [-0.15, -0.1) is 0 Å². The van der Waals surface area contributed by atoms with E-state index in [1.54, 1.807) is 26.2 Å². The number of nitrogens with one attached hydrogen (secondary N) is 1. The largest absolute Gasteiger partial charge is 0.461 e. The number of carbonyl (C=O) groups excluding carboxylic acids is 5. The standard InChI is InChI=1S/C25H37N3O9.2C3H8.2C2H6.2H2/c1-16(29)34-14-20-12-19(22(36-18(3)31)8-6-9-23(26)32)13-21(15-35-17(2)30)24(20)37-25(33)28(5)11-7-10-27-4;2*1-3-2;2*1-2;;/h12-13,22,27H,6-11,14-15H2,1-5H3,(H2,26,32);2*3H2,1-2H3;2*1-2H3;2*1H. The topological polar surface area (TPSA) is 164 Å². The molecule has 3 N–H and O–H groups in total. The number of amides is 2. The van der Waals surface area contributed by atoms with E-state index in [2.05, 4.69) is 33.0 Å². The minimum atomic E-state index is -0.780. The van der Waals surface area contributed by atoms with E-state index in [-0.39, 0.29) is 34.7 Å². The van der Waals surface area contributed by atoms with E-state index in [9.17, 15) is 24.0 Å². The van der Waals surface area contributed by atoms with E-state index in [1.807, 2.05) is 27.7 Å². The van der Waals surface area contributed by atoms with Crippen LogP contribution in [-0.2, 0) is 46.6 Å². The first-order chi connectivity index (χ1) is 22.3. The van der Waals surface area contributed by atoms with Gasteiger partial charge in [0.15, 0.2) is 0 Å². The summed E-state index contributed by atoms with van der Waals surface area (Å²) in [6.07, 6.45) is 2.47. The first-order valence-electron chi connectivity index (χ1n) is 16.7. The quantitative estimate of drug-likeness (QED) is 0.108. The van der Waals surface area contributed by atoms with Crippen molar-refractivity contribution in [2.24, 2.45) is 5.73 Å². The van der Waals surface area contributed by atoms with Gasteiger partial charge >= 0.3 is 24.0 Å². The molecule has 0 saturated carbocycles. The van der Waals surface area contributed by atoms with Crippen molar-refractivity contribution < 1.29 is 45.8 Å². The molecule has 0 aliphatic heterocycles. The maximum atomic E-state index is 12.8. The van der Waals surface area contributed by atoms with Gasteiger partial charge in [-0.3, -0.25) is 19.2 Å².